The molecule has 1 fully saturated rings. The number of hydrogen-bond acceptors (Lipinski definition) is 6. The Kier molecular flexibility index (Phi) is 6.58. The molecule has 5 rings (SSSR count). The zero-order valence-corrected chi connectivity index (χ0v) is 20.4. The van der Waals surface area contributed by atoms with Crippen LogP contribution in [0.4, 0.5) is 11.4 Å². The first-order valence-electron chi connectivity index (χ1n) is 11.9. The topological polar surface area (TPSA) is 75.2 Å². The monoisotopic (exact) mass is 484 g/mol. The number of fused-ring (bicyclic) bond motifs is 1. The van der Waals surface area contributed by atoms with E-state index >= 15 is 0 Å². The smallest absolute Gasteiger partial charge is 0.254 e. The molecule has 36 heavy (non-hydrogen) atoms. The molecule has 0 saturated carbocycles. The van der Waals surface area contributed by atoms with Gasteiger partial charge in [-0.1, -0.05) is 30.4 Å². The minimum Gasteiger partial charge on any atom is -0.495 e. The molecule has 184 valence electrons. The maximum absolute atomic E-state index is 13.3. The van der Waals surface area contributed by atoms with Crippen molar-refractivity contribution in [1.82, 2.24) is 14.8 Å². The van der Waals surface area contributed by atoms with Crippen molar-refractivity contribution in [2.24, 2.45) is 0 Å². The van der Waals surface area contributed by atoms with E-state index in [4.69, 9.17) is 9.47 Å². The molecular formula is C28H28N4O4. The molecule has 0 unspecified atom stereocenters. The van der Waals surface area contributed by atoms with Gasteiger partial charge >= 0.3 is 0 Å². The summed E-state index contributed by atoms with van der Waals surface area (Å²) in [6, 6.07) is 17.1. The van der Waals surface area contributed by atoms with Crippen LogP contribution in [-0.4, -0.2) is 73.5 Å². The molecule has 2 aliphatic heterocycles. The summed E-state index contributed by atoms with van der Waals surface area (Å²) in [4.78, 5) is 36.0. The van der Waals surface area contributed by atoms with Gasteiger partial charge in [-0.05, 0) is 35.9 Å². The average molecular weight is 485 g/mol. The van der Waals surface area contributed by atoms with Crippen LogP contribution in [0.2, 0.25) is 0 Å². The highest BCUT2D eigenvalue weighted by Crippen LogP contribution is 2.38. The fourth-order valence-electron chi connectivity index (χ4n) is 4.65. The number of pyridine rings is 1. The standard InChI is InChI=1S/C28H28N4O4/c1-35-25-18-21(9-10-24(25)32-13-5-7-20-6-3-4-8-23(20)32)27(33)30-14-16-31(17-15-30)28(34)22-11-12-29-26(19-22)36-2/h3-12,18-19H,13-17H2,1-2H3. The summed E-state index contributed by atoms with van der Waals surface area (Å²) >= 11 is 0. The lowest BCUT2D eigenvalue weighted by molar-refractivity contribution is 0.0535. The summed E-state index contributed by atoms with van der Waals surface area (Å²) in [6.45, 7) is 2.56. The van der Waals surface area contributed by atoms with Crippen LogP contribution in [-0.2, 0) is 0 Å². The fraction of sp³-hybridized carbons (Fsp3) is 0.250. The van der Waals surface area contributed by atoms with E-state index in [1.807, 2.05) is 24.3 Å². The lowest BCUT2D eigenvalue weighted by atomic mass is 10.1. The number of para-hydroxylation sites is 1. The van der Waals surface area contributed by atoms with E-state index in [1.165, 1.54) is 7.11 Å². The highest BCUT2D eigenvalue weighted by atomic mass is 16.5. The minimum atomic E-state index is -0.0929. The van der Waals surface area contributed by atoms with Crippen molar-refractivity contribution in [3.63, 3.8) is 0 Å². The van der Waals surface area contributed by atoms with Crippen LogP contribution in [0.3, 0.4) is 0 Å². The third kappa shape index (κ3) is 4.49. The Balaban J connectivity index is 1.28. The van der Waals surface area contributed by atoms with Gasteiger partial charge in [0, 0.05) is 61.8 Å². The number of ether oxygens (including phenoxy) is 2. The second-order valence-electron chi connectivity index (χ2n) is 8.63. The first kappa shape index (κ1) is 23.4. The van der Waals surface area contributed by atoms with Crippen LogP contribution in [0.15, 0.2) is 66.9 Å². The third-order valence-electron chi connectivity index (χ3n) is 6.58. The van der Waals surface area contributed by atoms with Gasteiger partial charge in [-0.25, -0.2) is 4.98 Å². The molecule has 0 spiro atoms. The number of hydrogen-bond donors (Lipinski definition) is 0. The highest BCUT2D eigenvalue weighted by molar-refractivity contribution is 5.97. The third-order valence-corrected chi connectivity index (χ3v) is 6.58. The molecule has 8 heteroatoms. The van der Waals surface area contributed by atoms with Gasteiger partial charge in [-0.15, -0.1) is 0 Å². The molecule has 8 nitrogen and oxygen atoms in total. The second-order valence-corrected chi connectivity index (χ2v) is 8.63. The first-order chi connectivity index (χ1) is 17.6. The fourth-order valence-corrected chi connectivity index (χ4v) is 4.65. The molecule has 0 radical (unpaired) electrons. The van der Waals surface area contributed by atoms with Crippen LogP contribution < -0.4 is 14.4 Å². The lowest BCUT2D eigenvalue weighted by Gasteiger charge is -2.35. The molecule has 1 saturated heterocycles. The normalized spacial score (nSPS) is 14.9. The van der Waals surface area contributed by atoms with Gasteiger partial charge in [0.25, 0.3) is 11.8 Å². The maximum Gasteiger partial charge on any atom is 0.254 e. The number of anilines is 2. The number of carbonyl (C=O) groups is 2. The van der Waals surface area contributed by atoms with Crippen LogP contribution in [0.25, 0.3) is 6.08 Å². The van der Waals surface area contributed by atoms with Gasteiger partial charge in [0.1, 0.15) is 5.75 Å². The average Bonchev–Trinajstić information content (AvgIpc) is 2.96. The molecule has 3 heterocycles. The predicted octanol–water partition coefficient (Wildman–Crippen LogP) is 3.86. The van der Waals surface area contributed by atoms with Gasteiger partial charge in [0.05, 0.1) is 19.9 Å². The van der Waals surface area contributed by atoms with Crippen molar-refractivity contribution in [1.29, 1.82) is 0 Å². The summed E-state index contributed by atoms with van der Waals surface area (Å²) < 4.78 is 10.8. The van der Waals surface area contributed by atoms with E-state index in [0.29, 0.717) is 48.9 Å². The minimum absolute atomic E-state index is 0.0727. The summed E-state index contributed by atoms with van der Waals surface area (Å²) in [7, 11) is 3.14. The number of benzene rings is 2. The van der Waals surface area contributed by atoms with Crippen molar-refractivity contribution < 1.29 is 19.1 Å². The van der Waals surface area contributed by atoms with Gasteiger partial charge in [0.2, 0.25) is 5.88 Å². The van der Waals surface area contributed by atoms with Crippen molar-refractivity contribution in [2.45, 2.75) is 0 Å². The van der Waals surface area contributed by atoms with E-state index in [1.54, 1.807) is 41.3 Å². The number of rotatable bonds is 5. The van der Waals surface area contributed by atoms with Crippen LogP contribution in [0, 0.1) is 0 Å². The van der Waals surface area contributed by atoms with Crippen LogP contribution in [0.1, 0.15) is 26.3 Å². The molecule has 0 atom stereocenters. The van der Waals surface area contributed by atoms with Gasteiger partial charge in [-0.3, -0.25) is 9.59 Å². The Morgan fingerprint density at radius 3 is 2.19 bits per heavy atom. The highest BCUT2D eigenvalue weighted by Gasteiger charge is 2.27. The molecule has 0 bridgehead atoms. The summed E-state index contributed by atoms with van der Waals surface area (Å²) in [5.41, 5.74) is 4.24. The van der Waals surface area contributed by atoms with Crippen molar-refractivity contribution in [3.05, 3.63) is 83.6 Å². The Morgan fingerprint density at radius 2 is 1.50 bits per heavy atom. The zero-order chi connectivity index (χ0) is 25.1. The zero-order valence-electron chi connectivity index (χ0n) is 20.4. The van der Waals surface area contributed by atoms with E-state index < -0.39 is 0 Å². The number of nitrogens with zero attached hydrogens (tertiary/aromatic N) is 4. The van der Waals surface area contributed by atoms with Crippen molar-refractivity contribution in [3.8, 4) is 11.6 Å². The number of amides is 2. The molecule has 3 aromatic rings. The maximum atomic E-state index is 13.3. The lowest BCUT2D eigenvalue weighted by Crippen LogP contribution is -2.50. The first-order valence-corrected chi connectivity index (χ1v) is 11.9. The summed E-state index contributed by atoms with van der Waals surface area (Å²) in [6.07, 6.45) is 5.79. The van der Waals surface area contributed by atoms with Gasteiger partial charge in [-0.2, -0.15) is 0 Å². The van der Waals surface area contributed by atoms with Crippen molar-refractivity contribution >= 4 is 29.3 Å². The Bertz CT molecular complexity index is 1310. The molecule has 2 amide bonds. The molecule has 2 aromatic carbocycles. The quantitative estimate of drug-likeness (QED) is 0.548. The van der Waals surface area contributed by atoms with Gasteiger partial charge in [0.15, 0.2) is 0 Å². The largest absolute Gasteiger partial charge is 0.495 e. The number of piperazine rings is 1. The summed E-state index contributed by atoms with van der Waals surface area (Å²) in [5.74, 6) is 0.878. The molecule has 0 N–H and O–H groups in total. The van der Waals surface area contributed by atoms with E-state index in [-0.39, 0.29) is 11.8 Å². The van der Waals surface area contributed by atoms with Crippen molar-refractivity contribution in [2.75, 3.05) is 51.8 Å². The Hall–Kier alpha value is -4.33. The summed E-state index contributed by atoms with van der Waals surface area (Å²) in [5, 5.41) is 0. The Labute approximate surface area is 210 Å². The number of methoxy groups -OCH3 is 2. The SMILES string of the molecule is COc1cc(C(=O)N2CCN(C(=O)c3ccc(N4CC=Cc5ccccc54)c(OC)c3)CC2)ccn1. The van der Waals surface area contributed by atoms with E-state index in [0.717, 1.165) is 23.5 Å². The van der Waals surface area contributed by atoms with Crippen LogP contribution >= 0.6 is 0 Å². The molecular weight excluding hydrogens is 456 g/mol. The van der Waals surface area contributed by atoms with Crippen LogP contribution in [0.5, 0.6) is 11.6 Å². The van der Waals surface area contributed by atoms with Gasteiger partial charge < -0.3 is 24.2 Å². The second kappa shape index (κ2) is 10.1. The molecule has 0 aliphatic carbocycles. The Morgan fingerprint density at radius 1 is 0.806 bits per heavy atom. The number of carbonyl (C=O) groups excluding carboxylic acids is 2. The number of aromatic nitrogens is 1. The molecule has 2 aliphatic rings. The molecule has 1 aromatic heterocycles. The predicted molar refractivity (Wildman–Crippen MR) is 138 cm³/mol. The van der Waals surface area contributed by atoms with E-state index in [2.05, 4.69) is 34.2 Å². The van der Waals surface area contributed by atoms with E-state index in [9.17, 15) is 9.59 Å².